The summed E-state index contributed by atoms with van der Waals surface area (Å²) in [7, 11) is 1.64. The molecule has 2 amide bonds. The summed E-state index contributed by atoms with van der Waals surface area (Å²) in [5, 5.41) is 0. The van der Waals surface area contributed by atoms with E-state index in [0.29, 0.717) is 30.9 Å². The molecule has 0 aliphatic carbocycles. The molecule has 25 heavy (non-hydrogen) atoms. The zero-order valence-electron chi connectivity index (χ0n) is 14.2. The predicted octanol–water partition coefficient (Wildman–Crippen LogP) is 3.29. The molecule has 1 aliphatic rings. The maximum Gasteiger partial charge on any atom is 0.261 e. The highest BCUT2D eigenvalue weighted by Crippen LogP contribution is 2.22. The first-order valence-electron chi connectivity index (χ1n) is 8.36. The van der Waals surface area contributed by atoms with E-state index < -0.39 is 0 Å². The quantitative estimate of drug-likeness (QED) is 0.547. The molecule has 1 heterocycles. The number of imide groups is 1. The molecule has 0 atom stereocenters. The van der Waals surface area contributed by atoms with Gasteiger partial charge in [-0.25, -0.2) is 0 Å². The molecule has 0 saturated heterocycles. The Morgan fingerprint density at radius 2 is 1.52 bits per heavy atom. The summed E-state index contributed by atoms with van der Waals surface area (Å²) in [6.07, 6.45) is 1.53. The molecule has 0 unspecified atom stereocenters. The van der Waals surface area contributed by atoms with Gasteiger partial charge in [-0.2, -0.15) is 0 Å². The van der Waals surface area contributed by atoms with Gasteiger partial charge in [0.25, 0.3) is 11.8 Å². The first kappa shape index (κ1) is 17.2. The molecule has 0 spiro atoms. The summed E-state index contributed by atoms with van der Waals surface area (Å²) in [5.74, 6) is 0.434. The van der Waals surface area contributed by atoms with E-state index in [4.69, 9.17) is 9.47 Å². The average molecular weight is 339 g/mol. The zero-order valence-corrected chi connectivity index (χ0v) is 14.2. The molecule has 0 fully saturated rings. The maximum atomic E-state index is 12.2. The van der Waals surface area contributed by atoms with E-state index in [-0.39, 0.29) is 11.8 Å². The number of benzene rings is 2. The van der Waals surface area contributed by atoms with E-state index in [0.717, 1.165) is 24.2 Å². The van der Waals surface area contributed by atoms with Crippen LogP contribution in [0.15, 0.2) is 48.5 Å². The number of unbranched alkanes of at least 4 members (excludes halogenated alkanes) is 1. The molecule has 0 N–H and O–H groups in total. The Kier molecular flexibility index (Phi) is 5.46. The van der Waals surface area contributed by atoms with Gasteiger partial charge < -0.3 is 9.47 Å². The van der Waals surface area contributed by atoms with Crippen molar-refractivity contribution in [2.45, 2.75) is 19.4 Å². The van der Waals surface area contributed by atoms with Crippen LogP contribution in [0.4, 0.5) is 0 Å². The molecule has 130 valence electrons. The van der Waals surface area contributed by atoms with Crippen LogP contribution >= 0.6 is 0 Å². The maximum absolute atomic E-state index is 12.2. The number of fused-ring (bicyclic) bond motifs is 1. The van der Waals surface area contributed by atoms with Crippen LogP contribution in [0.25, 0.3) is 0 Å². The molecule has 2 aromatic rings. The van der Waals surface area contributed by atoms with Crippen LogP contribution in [0.5, 0.6) is 5.75 Å². The van der Waals surface area contributed by atoms with Gasteiger partial charge in [-0.1, -0.05) is 24.3 Å². The highest BCUT2D eigenvalue weighted by molar-refractivity contribution is 6.21. The van der Waals surface area contributed by atoms with Crippen LogP contribution < -0.4 is 4.74 Å². The molecule has 0 aromatic heterocycles. The molecule has 5 nitrogen and oxygen atoms in total. The summed E-state index contributed by atoms with van der Waals surface area (Å²) < 4.78 is 10.8. The summed E-state index contributed by atoms with van der Waals surface area (Å²) in [6, 6.07) is 14.7. The molecule has 5 heteroatoms. The fourth-order valence-corrected chi connectivity index (χ4v) is 2.83. The van der Waals surface area contributed by atoms with Gasteiger partial charge >= 0.3 is 0 Å². The molecule has 3 rings (SSSR count). The third kappa shape index (κ3) is 3.88. The number of nitrogens with zero attached hydrogens (tertiary/aromatic N) is 1. The number of rotatable bonds is 8. The number of ether oxygens (including phenoxy) is 2. The van der Waals surface area contributed by atoms with Crippen molar-refractivity contribution < 1.29 is 19.1 Å². The lowest BCUT2D eigenvalue weighted by Gasteiger charge is -2.13. The normalized spacial score (nSPS) is 13.2. The Morgan fingerprint density at radius 3 is 2.12 bits per heavy atom. The molecular formula is C20H21NO4. The Balaban J connectivity index is 1.38. The third-order valence-electron chi connectivity index (χ3n) is 4.23. The number of amides is 2. The number of hydrogen-bond donors (Lipinski definition) is 0. The van der Waals surface area contributed by atoms with Crippen LogP contribution in [-0.4, -0.2) is 37.0 Å². The van der Waals surface area contributed by atoms with Gasteiger partial charge in [0.1, 0.15) is 5.75 Å². The fourth-order valence-electron chi connectivity index (χ4n) is 2.83. The van der Waals surface area contributed by atoms with Gasteiger partial charge in [-0.3, -0.25) is 14.5 Å². The summed E-state index contributed by atoms with van der Waals surface area (Å²) in [4.78, 5) is 25.8. The minimum Gasteiger partial charge on any atom is -0.497 e. The highest BCUT2D eigenvalue weighted by Gasteiger charge is 2.34. The smallest absolute Gasteiger partial charge is 0.261 e. The van der Waals surface area contributed by atoms with Gasteiger partial charge in [0.2, 0.25) is 0 Å². The highest BCUT2D eigenvalue weighted by atomic mass is 16.5. The predicted molar refractivity (Wildman–Crippen MR) is 93.7 cm³/mol. The Morgan fingerprint density at radius 1 is 0.880 bits per heavy atom. The molecule has 1 aliphatic heterocycles. The summed E-state index contributed by atoms with van der Waals surface area (Å²) in [5.41, 5.74) is 2.09. The monoisotopic (exact) mass is 339 g/mol. The minimum atomic E-state index is -0.195. The van der Waals surface area contributed by atoms with Gasteiger partial charge in [0.05, 0.1) is 24.8 Å². The second-order valence-electron chi connectivity index (χ2n) is 5.92. The van der Waals surface area contributed by atoms with E-state index in [1.54, 1.807) is 31.4 Å². The number of carbonyl (C=O) groups is 2. The molecule has 0 bridgehead atoms. The van der Waals surface area contributed by atoms with Crippen molar-refractivity contribution in [2.75, 3.05) is 20.3 Å². The lowest BCUT2D eigenvalue weighted by atomic mass is 10.1. The summed E-state index contributed by atoms with van der Waals surface area (Å²) in [6.45, 7) is 1.56. The largest absolute Gasteiger partial charge is 0.497 e. The molecule has 0 radical (unpaired) electrons. The number of carbonyl (C=O) groups excluding carboxylic acids is 2. The lowest BCUT2D eigenvalue weighted by Crippen LogP contribution is -2.30. The standard InChI is InChI=1S/C20H21NO4/c1-24-16-10-8-15(9-11-16)14-25-13-5-4-12-21-19(22)17-6-2-3-7-18(17)20(21)23/h2-3,6-11H,4-5,12-14H2,1H3. The fraction of sp³-hybridized carbons (Fsp3) is 0.300. The van der Waals surface area contributed by atoms with Gasteiger partial charge in [-0.05, 0) is 42.7 Å². The first-order chi connectivity index (χ1) is 12.2. The summed E-state index contributed by atoms with van der Waals surface area (Å²) >= 11 is 0. The molecule has 0 saturated carbocycles. The van der Waals surface area contributed by atoms with E-state index in [1.165, 1.54) is 4.90 Å². The Labute approximate surface area is 147 Å². The third-order valence-corrected chi connectivity index (χ3v) is 4.23. The van der Waals surface area contributed by atoms with Gasteiger partial charge in [0, 0.05) is 13.2 Å². The van der Waals surface area contributed by atoms with Crippen molar-refractivity contribution in [3.8, 4) is 5.75 Å². The van der Waals surface area contributed by atoms with Crippen LogP contribution in [0.3, 0.4) is 0 Å². The second-order valence-corrected chi connectivity index (χ2v) is 5.92. The van der Waals surface area contributed by atoms with Crippen LogP contribution in [0.1, 0.15) is 39.1 Å². The van der Waals surface area contributed by atoms with Crippen LogP contribution in [-0.2, 0) is 11.3 Å². The number of hydrogen-bond acceptors (Lipinski definition) is 4. The van der Waals surface area contributed by atoms with E-state index in [1.807, 2.05) is 24.3 Å². The van der Waals surface area contributed by atoms with Gasteiger partial charge in [-0.15, -0.1) is 0 Å². The van der Waals surface area contributed by atoms with Crippen molar-refractivity contribution in [3.05, 3.63) is 65.2 Å². The van der Waals surface area contributed by atoms with Crippen LogP contribution in [0.2, 0.25) is 0 Å². The Bertz CT molecular complexity index is 720. The molecular weight excluding hydrogens is 318 g/mol. The minimum absolute atomic E-state index is 0.195. The molecule has 2 aromatic carbocycles. The number of methoxy groups -OCH3 is 1. The Hall–Kier alpha value is -2.66. The SMILES string of the molecule is COc1ccc(COCCCCN2C(=O)c3ccccc3C2=O)cc1. The second kappa shape index (κ2) is 7.94. The average Bonchev–Trinajstić information content (AvgIpc) is 2.90. The topological polar surface area (TPSA) is 55.8 Å². The van der Waals surface area contributed by atoms with Crippen molar-refractivity contribution in [1.82, 2.24) is 4.90 Å². The van der Waals surface area contributed by atoms with E-state index in [9.17, 15) is 9.59 Å². The van der Waals surface area contributed by atoms with Crippen LogP contribution in [0, 0.1) is 0 Å². The lowest BCUT2D eigenvalue weighted by molar-refractivity contribution is 0.0641. The zero-order chi connectivity index (χ0) is 17.6. The van der Waals surface area contributed by atoms with Crippen molar-refractivity contribution in [3.63, 3.8) is 0 Å². The van der Waals surface area contributed by atoms with Crippen molar-refractivity contribution in [1.29, 1.82) is 0 Å². The van der Waals surface area contributed by atoms with Crippen molar-refractivity contribution >= 4 is 11.8 Å². The van der Waals surface area contributed by atoms with Gasteiger partial charge in [0.15, 0.2) is 0 Å². The first-order valence-corrected chi connectivity index (χ1v) is 8.36. The van der Waals surface area contributed by atoms with E-state index >= 15 is 0 Å². The van der Waals surface area contributed by atoms with Crippen molar-refractivity contribution in [2.24, 2.45) is 0 Å². The van der Waals surface area contributed by atoms with E-state index in [2.05, 4.69) is 0 Å².